The first-order valence-corrected chi connectivity index (χ1v) is 12.0. The molecule has 0 spiro atoms. The number of carbonyl (C=O) groups excluding carboxylic acids is 2. The normalized spacial score (nSPS) is 39.0. The standard InChI is InChI=1S/C27H34O4/c1-26-14-12-20(31-25(29)30-17-18-6-4-3-5-7-18)16-19(26)8-9-21-22-10-11-24(28)27(22,2)15-13-23(21)26/h3-8,20-23H,9-17H2,1-2H3/t20?,21-,22-,23+,26-,27-/m0/s1. The van der Waals surface area contributed by atoms with Crippen LogP contribution >= 0.6 is 0 Å². The quantitative estimate of drug-likeness (QED) is 0.427. The van der Waals surface area contributed by atoms with Crippen molar-refractivity contribution in [3.8, 4) is 0 Å². The van der Waals surface area contributed by atoms with Crippen molar-refractivity contribution < 1.29 is 19.1 Å². The van der Waals surface area contributed by atoms with Crippen LogP contribution in [0.15, 0.2) is 42.0 Å². The van der Waals surface area contributed by atoms with Gasteiger partial charge in [-0.15, -0.1) is 0 Å². The summed E-state index contributed by atoms with van der Waals surface area (Å²) >= 11 is 0. The fourth-order valence-corrected chi connectivity index (χ4v) is 7.39. The predicted octanol–water partition coefficient (Wildman–Crippen LogP) is 6.24. The minimum Gasteiger partial charge on any atom is -0.431 e. The molecule has 0 aromatic heterocycles. The molecule has 0 saturated heterocycles. The van der Waals surface area contributed by atoms with Gasteiger partial charge in [0.2, 0.25) is 0 Å². The number of benzene rings is 1. The Bertz CT molecular complexity index is 890. The Morgan fingerprint density at radius 2 is 1.77 bits per heavy atom. The number of ketones is 1. The average molecular weight is 423 g/mol. The highest BCUT2D eigenvalue weighted by molar-refractivity contribution is 5.87. The van der Waals surface area contributed by atoms with E-state index in [-0.39, 0.29) is 23.5 Å². The summed E-state index contributed by atoms with van der Waals surface area (Å²) in [6.07, 6.45) is 9.66. The highest BCUT2D eigenvalue weighted by Gasteiger charge is 2.58. The zero-order valence-corrected chi connectivity index (χ0v) is 18.8. The van der Waals surface area contributed by atoms with Crippen molar-refractivity contribution >= 4 is 11.9 Å². The van der Waals surface area contributed by atoms with E-state index < -0.39 is 6.16 Å². The van der Waals surface area contributed by atoms with Gasteiger partial charge in [-0.05, 0) is 67.3 Å². The zero-order chi connectivity index (χ0) is 21.6. The number of ether oxygens (including phenoxy) is 2. The average Bonchev–Trinajstić information content (AvgIpc) is 3.08. The molecule has 5 rings (SSSR count). The van der Waals surface area contributed by atoms with Gasteiger partial charge in [-0.3, -0.25) is 4.79 Å². The van der Waals surface area contributed by atoms with E-state index in [0.29, 0.717) is 23.5 Å². The molecule has 31 heavy (non-hydrogen) atoms. The molecule has 3 fully saturated rings. The summed E-state index contributed by atoms with van der Waals surface area (Å²) in [6, 6.07) is 9.69. The number of Topliss-reactive ketones (excluding diaryl/α,β-unsaturated/α-hetero) is 1. The molecule has 0 radical (unpaired) electrons. The molecule has 1 aromatic carbocycles. The smallest absolute Gasteiger partial charge is 0.431 e. The van der Waals surface area contributed by atoms with Gasteiger partial charge >= 0.3 is 6.16 Å². The van der Waals surface area contributed by atoms with Crippen LogP contribution < -0.4 is 0 Å². The number of hydrogen-bond donors (Lipinski definition) is 0. The molecule has 0 heterocycles. The van der Waals surface area contributed by atoms with E-state index in [2.05, 4.69) is 19.9 Å². The molecular formula is C27H34O4. The molecule has 0 N–H and O–H groups in total. The van der Waals surface area contributed by atoms with Gasteiger partial charge in [0.05, 0.1) is 0 Å². The minimum atomic E-state index is -0.565. The Hall–Kier alpha value is -2.10. The van der Waals surface area contributed by atoms with Crippen LogP contribution in [0.5, 0.6) is 0 Å². The van der Waals surface area contributed by atoms with E-state index in [0.717, 1.165) is 56.9 Å². The molecule has 6 atom stereocenters. The predicted molar refractivity (Wildman–Crippen MR) is 118 cm³/mol. The molecule has 4 nitrogen and oxygen atoms in total. The first-order valence-electron chi connectivity index (χ1n) is 12.0. The number of allylic oxidation sites excluding steroid dienone is 1. The Balaban J connectivity index is 1.23. The Morgan fingerprint density at radius 3 is 2.58 bits per heavy atom. The van der Waals surface area contributed by atoms with Gasteiger partial charge in [0.15, 0.2) is 0 Å². The van der Waals surface area contributed by atoms with Gasteiger partial charge in [0.1, 0.15) is 18.5 Å². The number of hydrogen-bond acceptors (Lipinski definition) is 4. The number of fused-ring (bicyclic) bond motifs is 5. The van der Waals surface area contributed by atoms with Crippen molar-refractivity contribution in [2.75, 3.05) is 0 Å². The summed E-state index contributed by atoms with van der Waals surface area (Å²) in [7, 11) is 0. The SMILES string of the molecule is C[C@]12CCC(OC(=O)OCc3ccccc3)CC1=CC[C@@H]1[C@H]2CC[C@]2(C)C(=O)CC[C@@H]12. The topological polar surface area (TPSA) is 52.6 Å². The third-order valence-electron chi connectivity index (χ3n) is 9.23. The summed E-state index contributed by atoms with van der Waals surface area (Å²) < 4.78 is 11.0. The van der Waals surface area contributed by atoms with Crippen LogP contribution in [0.2, 0.25) is 0 Å². The maximum atomic E-state index is 12.6. The second-order valence-corrected chi connectivity index (χ2v) is 10.7. The lowest BCUT2D eigenvalue weighted by atomic mass is 9.48. The van der Waals surface area contributed by atoms with Crippen molar-refractivity contribution in [3.05, 3.63) is 47.5 Å². The molecule has 0 bridgehead atoms. The van der Waals surface area contributed by atoms with Gasteiger partial charge in [-0.25, -0.2) is 4.79 Å². The molecule has 4 heteroatoms. The van der Waals surface area contributed by atoms with Gasteiger partial charge in [0.25, 0.3) is 0 Å². The van der Waals surface area contributed by atoms with Crippen molar-refractivity contribution in [2.24, 2.45) is 28.6 Å². The molecule has 0 aliphatic heterocycles. The van der Waals surface area contributed by atoms with Gasteiger partial charge < -0.3 is 9.47 Å². The summed E-state index contributed by atoms with van der Waals surface area (Å²) in [5.74, 6) is 2.34. The van der Waals surface area contributed by atoms with Crippen LogP contribution in [-0.4, -0.2) is 18.0 Å². The molecule has 4 aliphatic rings. The molecule has 166 valence electrons. The lowest BCUT2D eigenvalue weighted by Gasteiger charge is -2.56. The highest BCUT2D eigenvalue weighted by atomic mass is 16.7. The summed E-state index contributed by atoms with van der Waals surface area (Å²) in [5, 5.41) is 0. The number of rotatable bonds is 3. The molecule has 0 amide bonds. The van der Waals surface area contributed by atoms with Gasteiger partial charge in [-0.2, -0.15) is 0 Å². The van der Waals surface area contributed by atoms with E-state index >= 15 is 0 Å². The van der Waals surface area contributed by atoms with Crippen molar-refractivity contribution in [2.45, 2.75) is 77.9 Å². The highest BCUT2D eigenvalue weighted by Crippen LogP contribution is 2.64. The first-order chi connectivity index (χ1) is 14.9. The summed E-state index contributed by atoms with van der Waals surface area (Å²) in [5.41, 5.74) is 2.54. The summed E-state index contributed by atoms with van der Waals surface area (Å²) in [6.45, 7) is 4.91. The Labute approximate surface area is 185 Å². The molecular weight excluding hydrogens is 388 g/mol. The van der Waals surface area contributed by atoms with E-state index in [1.165, 1.54) is 5.57 Å². The maximum absolute atomic E-state index is 12.6. The maximum Gasteiger partial charge on any atom is 0.508 e. The van der Waals surface area contributed by atoms with Gasteiger partial charge in [-0.1, -0.05) is 55.8 Å². The second-order valence-electron chi connectivity index (χ2n) is 10.7. The zero-order valence-electron chi connectivity index (χ0n) is 18.8. The van der Waals surface area contributed by atoms with Crippen LogP contribution in [-0.2, 0) is 20.9 Å². The molecule has 3 saturated carbocycles. The second kappa shape index (κ2) is 7.79. The lowest BCUT2D eigenvalue weighted by molar-refractivity contribution is -0.132. The van der Waals surface area contributed by atoms with Crippen molar-refractivity contribution in [3.63, 3.8) is 0 Å². The Morgan fingerprint density at radius 1 is 1.03 bits per heavy atom. The third-order valence-corrected chi connectivity index (χ3v) is 9.23. The van der Waals surface area contributed by atoms with Crippen molar-refractivity contribution in [1.82, 2.24) is 0 Å². The lowest BCUT2D eigenvalue weighted by Crippen LogP contribution is -2.50. The van der Waals surface area contributed by atoms with E-state index in [9.17, 15) is 9.59 Å². The summed E-state index contributed by atoms with van der Waals surface area (Å²) in [4.78, 5) is 24.8. The fraction of sp³-hybridized carbons (Fsp3) is 0.630. The largest absolute Gasteiger partial charge is 0.508 e. The molecule has 1 unspecified atom stereocenters. The van der Waals surface area contributed by atoms with Crippen LogP contribution in [0.4, 0.5) is 4.79 Å². The number of carbonyl (C=O) groups is 2. The van der Waals surface area contributed by atoms with Crippen LogP contribution in [0.3, 0.4) is 0 Å². The van der Waals surface area contributed by atoms with E-state index in [1.54, 1.807) is 0 Å². The Kier molecular flexibility index (Phi) is 5.22. The van der Waals surface area contributed by atoms with Crippen LogP contribution in [0.25, 0.3) is 0 Å². The van der Waals surface area contributed by atoms with E-state index in [4.69, 9.17) is 9.47 Å². The van der Waals surface area contributed by atoms with Crippen molar-refractivity contribution in [1.29, 1.82) is 0 Å². The van der Waals surface area contributed by atoms with Crippen LogP contribution in [0.1, 0.15) is 70.8 Å². The van der Waals surface area contributed by atoms with Gasteiger partial charge in [0, 0.05) is 18.3 Å². The minimum absolute atomic E-state index is 0.0777. The third kappa shape index (κ3) is 3.52. The monoisotopic (exact) mass is 422 g/mol. The van der Waals surface area contributed by atoms with Crippen LogP contribution in [0, 0.1) is 28.6 Å². The van der Waals surface area contributed by atoms with E-state index in [1.807, 2.05) is 30.3 Å². The fourth-order valence-electron chi connectivity index (χ4n) is 7.39. The first kappa shape index (κ1) is 20.8. The molecule has 1 aromatic rings. The molecule has 4 aliphatic carbocycles.